The molecule has 5 heteroatoms. The number of nitrogens with two attached hydrogens (primary N) is 1. The summed E-state index contributed by atoms with van der Waals surface area (Å²) >= 11 is 0. The van der Waals surface area contributed by atoms with Gasteiger partial charge >= 0.3 is 6.03 Å². The summed E-state index contributed by atoms with van der Waals surface area (Å²) in [5.41, 5.74) is 5.19. The number of primary amides is 1. The fourth-order valence-electron chi connectivity index (χ4n) is 3.34. The second-order valence-corrected chi connectivity index (χ2v) is 7.52. The second kappa shape index (κ2) is 19.2. The number of rotatable bonds is 18. The van der Waals surface area contributed by atoms with E-state index in [0.29, 0.717) is 6.54 Å². The lowest BCUT2D eigenvalue weighted by atomic mass is 10.0. The van der Waals surface area contributed by atoms with E-state index in [9.17, 15) is 9.59 Å². The number of nitrogens with zero attached hydrogens (tertiary/aromatic N) is 2. The van der Waals surface area contributed by atoms with Crippen molar-refractivity contribution in [2.45, 2.75) is 116 Å². The maximum absolute atomic E-state index is 11.6. The van der Waals surface area contributed by atoms with Crippen molar-refractivity contribution in [3.8, 4) is 6.07 Å². The minimum absolute atomic E-state index is 0.290. The Hall–Kier alpha value is -1.57. The van der Waals surface area contributed by atoms with E-state index in [0.717, 1.165) is 24.2 Å². The van der Waals surface area contributed by atoms with Crippen molar-refractivity contribution in [1.29, 1.82) is 5.26 Å². The highest BCUT2D eigenvalue weighted by Gasteiger charge is 2.17. The molecule has 156 valence electrons. The van der Waals surface area contributed by atoms with Crippen LogP contribution in [0.2, 0.25) is 0 Å². The number of carbonyl (C=O) groups is 2. The molecule has 0 saturated carbocycles. The quantitative estimate of drug-likeness (QED) is 0.293. The number of hydrogen-bond donors (Lipinski definition) is 1. The van der Waals surface area contributed by atoms with Crippen molar-refractivity contribution in [2.24, 2.45) is 5.73 Å². The van der Waals surface area contributed by atoms with Crippen LogP contribution in [0.15, 0.2) is 0 Å². The molecule has 5 nitrogen and oxygen atoms in total. The Bertz CT molecular complexity index is 418. The summed E-state index contributed by atoms with van der Waals surface area (Å²) in [6.07, 6.45) is 20.2. The first-order chi connectivity index (χ1) is 13.1. The van der Waals surface area contributed by atoms with Crippen LogP contribution in [0.3, 0.4) is 0 Å². The van der Waals surface area contributed by atoms with Crippen LogP contribution in [-0.4, -0.2) is 23.4 Å². The Labute approximate surface area is 166 Å². The number of urea groups is 1. The molecule has 0 aliphatic carbocycles. The van der Waals surface area contributed by atoms with Gasteiger partial charge in [-0.15, -0.1) is 0 Å². The van der Waals surface area contributed by atoms with Gasteiger partial charge in [-0.1, -0.05) is 103 Å². The van der Waals surface area contributed by atoms with E-state index in [1.807, 2.05) is 0 Å². The molecule has 0 aromatic carbocycles. The van der Waals surface area contributed by atoms with Gasteiger partial charge in [0.05, 0.1) is 6.07 Å². The third-order valence-corrected chi connectivity index (χ3v) is 5.03. The van der Waals surface area contributed by atoms with Crippen molar-refractivity contribution in [2.75, 3.05) is 6.54 Å². The van der Waals surface area contributed by atoms with Crippen molar-refractivity contribution < 1.29 is 9.59 Å². The highest BCUT2D eigenvalue weighted by atomic mass is 16.2. The van der Waals surface area contributed by atoms with Gasteiger partial charge in [0.1, 0.15) is 6.42 Å². The average molecular weight is 380 g/mol. The van der Waals surface area contributed by atoms with Gasteiger partial charge in [-0.2, -0.15) is 5.26 Å². The molecular formula is C22H41N3O2. The predicted octanol–water partition coefficient (Wildman–Crippen LogP) is 6.07. The number of nitriles is 1. The molecule has 0 saturated heterocycles. The van der Waals surface area contributed by atoms with Crippen molar-refractivity contribution in [1.82, 2.24) is 4.90 Å². The summed E-state index contributed by atoms with van der Waals surface area (Å²) in [4.78, 5) is 23.8. The summed E-state index contributed by atoms with van der Waals surface area (Å²) < 4.78 is 0. The van der Waals surface area contributed by atoms with Gasteiger partial charge in [-0.3, -0.25) is 9.69 Å². The zero-order chi connectivity index (χ0) is 20.2. The van der Waals surface area contributed by atoms with Gasteiger partial charge in [0.2, 0.25) is 5.91 Å². The molecule has 0 radical (unpaired) electrons. The van der Waals surface area contributed by atoms with E-state index in [-0.39, 0.29) is 6.42 Å². The van der Waals surface area contributed by atoms with Gasteiger partial charge in [0.15, 0.2) is 0 Å². The first-order valence-electron chi connectivity index (χ1n) is 11.1. The van der Waals surface area contributed by atoms with E-state index in [1.165, 1.54) is 83.5 Å². The maximum atomic E-state index is 11.6. The lowest BCUT2D eigenvalue weighted by molar-refractivity contribution is -0.127. The minimum Gasteiger partial charge on any atom is -0.351 e. The zero-order valence-corrected chi connectivity index (χ0v) is 17.5. The summed E-state index contributed by atoms with van der Waals surface area (Å²) in [5, 5.41) is 8.53. The van der Waals surface area contributed by atoms with Crippen LogP contribution < -0.4 is 5.73 Å². The topological polar surface area (TPSA) is 87.2 Å². The average Bonchev–Trinajstić information content (AvgIpc) is 2.64. The number of unbranched alkanes of at least 4 members (excludes halogenated alkanes) is 15. The number of carbonyl (C=O) groups excluding carboxylic acids is 2. The molecule has 0 fully saturated rings. The molecule has 0 aromatic heterocycles. The van der Waals surface area contributed by atoms with E-state index in [2.05, 4.69) is 6.92 Å². The number of amides is 3. The standard InChI is InChI=1S/C22H41N3O2/c1-2-3-4-5-6-7-8-9-10-11-12-13-14-15-16-17-20-25(22(24)27)21(26)18-19-23/h2-18,20H2,1H3,(H2,24,27). The molecule has 0 spiro atoms. The van der Waals surface area contributed by atoms with Gasteiger partial charge in [0.25, 0.3) is 0 Å². The molecule has 0 atom stereocenters. The molecule has 0 aliphatic heterocycles. The minimum atomic E-state index is -0.754. The zero-order valence-electron chi connectivity index (χ0n) is 17.5. The van der Waals surface area contributed by atoms with Crippen molar-refractivity contribution in [3.63, 3.8) is 0 Å². The van der Waals surface area contributed by atoms with E-state index in [1.54, 1.807) is 6.07 Å². The molecule has 0 bridgehead atoms. The molecule has 0 unspecified atom stereocenters. The first-order valence-corrected chi connectivity index (χ1v) is 11.1. The second-order valence-electron chi connectivity index (χ2n) is 7.52. The first kappa shape index (κ1) is 25.4. The molecule has 2 N–H and O–H groups in total. The van der Waals surface area contributed by atoms with Crippen molar-refractivity contribution in [3.05, 3.63) is 0 Å². The van der Waals surface area contributed by atoms with Crippen LogP contribution in [-0.2, 0) is 4.79 Å². The highest BCUT2D eigenvalue weighted by molar-refractivity contribution is 5.94. The summed E-state index contributed by atoms with van der Waals surface area (Å²) in [7, 11) is 0. The van der Waals surface area contributed by atoms with Gasteiger partial charge < -0.3 is 5.73 Å². The molecule has 0 heterocycles. The monoisotopic (exact) mass is 379 g/mol. The van der Waals surface area contributed by atoms with Crippen LogP contribution in [0.5, 0.6) is 0 Å². The van der Waals surface area contributed by atoms with Crippen LogP contribution >= 0.6 is 0 Å². The Morgan fingerprint density at radius 2 is 1.11 bits per heavy atom. The maximum Gasteiger partial charge on any atom is 0.321 e. The Balaban J connectivity index is 3.36. The summed E-state index contributed by atoms with van der Waals surface area (Å²) in [6.45, 7) is 2.59. The molecule has 27 heavy (non-hydrogen) atoms. The lowest BCUT2D eigenvalue weighted by Crippen LogP contribution is -2.41. The van der Waals surface area contributed by atoms with Crippen LogP contribution in [0, 0.1) is 11.3 Å². The fraction of sp³-hybridized carbons (Fsp3) is 0.864. The highest BCUT2D eigenvalue weighted by Crippen LogP contribution is 2.13. The third kappa shape index (κ3) is 16.3. The van der Waals surface area contributed by atoms with E-state index >= 15 is 0 Å². The Kier molecular flexibility index (Phi) is 18.1. The Morgan fingerprint density at radius 1 is 0.741 bits per heavy atom. The SMILES string of the molecule is CCCCCCCCCCCCCCCCCCN(C(N)=O)C(=O)CC#N. The van der Waals surface area contributed by atoms with Crippen molar-refractivity contribution >= 4 is 11.9 Å². The number of imide groups is 1. The van der Waals surface area contributed by atoms with Crippen LogP contribution in [0.4, 0.5) is 4.79 Å². The number of hydrogen-bond acceptors (Lipinski definition) is 3. The molecule has 3 amide bonds. The molecule has 0 aromatic rings. The smallest absolute Gasteiger partial charge is 0.321 e. The summed E-state index contributed by atoms with van der Waals surface area (Å²) in [5.74, 6) is -0.494. The van der Waals surface area contributed by atoms with Crippen LogP contribution in [0.25, 0.3) is 0 Å². The van der Waals surface area contributed by atoms with Gasteiger partial charge in [-0.05, 0) is 6.42 Å². The largest absolute Gasteiger partial charge is 0.351 e. The fourth-order valence-corrected chi connectivity index (χ4v) is 3.34. The predicted molar refractivity (Wildman–Crippen MR) is 111 cm³/mol. The van der Waals surface area contributed by atoms with E-state index in [4.69, 9.17) is 11.0 Å². The summed E-state index contributed by atoms with van der Waals surface area (Å²) in [6, 6.07) is 1.01. The molecular weight excluding hydrogens is 338 g/mol. The lowest BCUT2D eigenvalue weighted by Gasteiger charge is -2.16. The third-order valence-electron chi connectivity index (χ3n) is 5.03. The Morgan fingerprint density at radius 3 is 1.44 bits per heavy atom. The molecule has 0 rings (SSSR count). The van der Waals surface area contributed by atoms with Gasteiger partial charge in [-0.25, -0.2) is 4.79 Å². The normalized spacial score (nSPS) is 10.5. The molecule has 0 aliphatic rings. The van der Waals surface area contributed by atoms with E-state index < -0.39 is 11.9 Å². The van der Waals surface area contributed by atoms with Gasteiger partial charge in [0, 0.05) is 6.54 Å². The van der Waals surface area contributed by atoms with Crippen LogP contribution in [0.1, 0.15) is 116 Å².